The van der Waals surface area contributed by atoms with Crippen molar-refractivity contribution in [2.24, 2.45) is 5.92 Å². The first kappa shape index (κ1) is 14.4. The molecule has 1 unspecified atom stereocenters. The van der Waals surface area contributed by atoms with E-state index >= 15 is 0 Å². The fourth-order valence-electron chi connectivity index (χ4n) is 2.08. The third-order valence-electron chi connectivity index (χ3n) is 2.92. The molecule has 0 saturated carbocycles. The molecule has 8 heteroatoms. The van der Waals surface area contributed by atoms with E-state index in [1.54, 1.807) is 19.1 Å². The average molecular weight is 351 g/mol. The molecule has 0 spiro atoms. The first-order valence-electron chi connectivity index (χ1n) is 5.62. The molecule has 2 rings (SSSR count). The Hall–Kier alpha value is -1.02. The Morgan fingerprint density at radius 3 is 2.79 bits per heavy atom. The Bertz CT molecular complexity index is 620. The summed E-state index contributed by atoms with van der Waals surface area (Å²) in [5, 5.41) is 0. The van der Waals surface area contributed by atoms with Crippen molar-refractivity contribution in [3.63, 3.8) is 0 Å². The molecule has 1 atom stereocenters. The number of hydrogen-bond donors (Lipinski definition) is 0. The number of halogens is 2. The molecule has 5 nitrogen and oxygen atoms in total. The van der Waals surface area contributed by atoms with Crippen LogP contribution in [0.15, 0.2) is 16.6 Å². The molecule has 0 aromatic carbocycles. The van der Waals surface area contributed by atoms with Gasteiger partial charge in [-0.1, -0.05) is 0 Å². The second-order valence-electron chi connectivity index (χ2n) is 4.52. The minimum Gasteiger partial charge on any atom is -0.296 e. The van der Waals surface area contributed by atoms with E-state index in [9.17, 15) is 17.1 Å². The van der Waals surface area contributed by atoms with E-state index in [1.165, 1.54) is 4.90 Å². The normalized spacial score (nSPS) is 20.1. The van der Waals surface area contributed by atoms with Crippen molar-refractivity contribution in [3.05, 3.63) is 22.3 Å². The van der Waals surface area contributed by atoms with Crippen LogP contribution in [0.4, 0.5) is 9.70 Å². The minimum atomic E-state index is -4.56. The molecule has 1 fully saturated rings. The van der Waals surface area contributed by atoms with Crippen LogP contribution in [0.5, 0.6) is 0 Å². The van der Waals surface area contributed by atoms with E-state index in [0.717, 1.165) is 10.2 Å². The summed E-state index contributed by atoms with van der Waals surface area (Å²) >= 11 is 3.31. The Morgan fingerprint density at radius 1 is 1.53 bits per heavy atom. The van der Waals surface area contributed by atoms with E-state index in [2.05, 4.69) is 20.9 Å². The van der Waals surface area contributed by atoms with Gasteiger partial charge in [0.05, 0.1) is 11.4 Å². The maximum atomic E-state index is 12.6. The molecule has 1 amide bonds. The van der Waals surface area contributed by atoms with Gasteiger partial charge >= 0.3 is 10.2 Å². The van der Waals surface area contributed by atoms with Crippen molar-refractivity contribution in [3.8, 4) is 0 Å². The quantitative estimate of drug-likeness (QED) is 0.779. The van der Waals surface area contributed by atoms with Crippen LogP contribution in [0.25, 0.3) is 0 Å². The first-order chi connectivity index (χ1) is 8.76. The molecule has 1 aliphatic heterocycles. The Kier molecular flexibility index (Phi) is 3.91. The van der Waals surface area contributed by atoms with Crippen LogP contribution >= 0.6 is 15.9 Å². The number of aromatic nitrogens is 1. The van der Waals surface area contributed by atoms with Crippen LogP contribution in [0, 0.1) is 12.8 Å². The molecule has 1 aromatic heterocycles. The SMILES string of the molecule is Cc1nc(N2CC(CS(=O)(=O)F)CC2=O)ccc1Br. The smallest absolute Gasteiger partial charge is 0.296 e. The third-order valence-corrected chi connectivity index (χ3v) is 4.63. The largest absolute Gasteiger partial charge is 0.302 e. The van der Waals surface area contributed by atoms with Crippen LogP contribution in [0.3, 0.4) is 0 Å². The van der Waals surface area contributed by atoms with E-state index < -0.39 is 21.9 Å². The number of anilines is 1. The minimum absolute atomic E-state index is 0.0277. The van der Waals surface area contributed by atoms with Crippen LogP contribution in [0.2, 0.25) is 0 Å². The van der Waals surface area contributed by atoms with Crippen molar-refractivity contribution in [1.82, 2.24) is 4.98 Å². The highest BCUT2D eigenvalue weighted by molar-refractivity contribution is 9.10. The summed E-state index contributed by atoms with van der Waals surface area (Å²) in [7, 11) is -4.56. The lowest BCUT2D eigenvalue weighted by Gasteiger charge is -2.16. The van der Waals surface area contributed by atoms with Gasteiger partial charge in [0.1, 0.15) is 5.82 Å². The summed E-state index contributed by atoms with van der Waals surface area (Å²) in [5.74, 6) is -0.911. The van der Waals surface area contributed by atoms with Gasteiger partial charge in [0, 0.05) is 23.4 Å². The zero-order chi connectivity index (χ0) is 14.2. The molecular formula is C11H12BrFN2O3S. The van der Waals surface area contributed by atoms with Gasteiger partial charge in [0.2, 0.25) is 5.91 Å². The molecular weight excluding hydrogens is 339 g/mol. The van der Waals surface area contributed by atoms with E-state index in [-0.39, 0.29) is 18.9 Å². The van der Waals surface area contributed by atoms with Gasteiger partial charge in [-0.25, -0.2) is 4.98 Å². The van der Waals surface area contributed by atoms with Gasteiger partial charge in [-0.15, -0.1) is 3.89 Å². The second kappa shape index (κ2) is 5.16. The van der Waals surface area contributed by atoms with Crippen molar-refractivity contribution in [2.75, 3.05) is 17.2 Å². The number of aryl methyl sites for hydroxylation is 1. The topological polar surface area (TPSA) is 67.3 Å². The van der Waals surface area contributed by atoms with Gasteiger partial charge in [-0.3, -0.25) is 9.69 Å². The molecule has 19 heavy (non-hydrogen) atoms. The fourth-order valence-corrected chi connectivity index (χ4v) is 3.08. The van der Waals surface area contributed by atoms with Gasteiger partial charge < -0.3 is 0 Å². The molecule has 0 radical (unpaired) electrons. The summed E-state index contributed by atoms with van der Waals surface area (Å²) in [4.78, 5) is 17.5. The van der Waals surface area contributed by atoms with Crippen molar-refractivity contribution in [1.29, 1.82) is 0 Å². The summed E-state index contributed by atoms with van der Waals surface area (Å²) in [5.41, 5.74) is 0.729. The number of rotatable bonds is 3. The number of hydrogen-bond acceptors (Lipinski definition) is 4. The molecule has 0 bridgehead atoms. The van der Waals surface area contributed by atoms with Crippen molar-refractivity contribution >= 4 is 37.9 Å². The summed E-state index contributed by atoms with van der Waals surface area (Å²) in [6.07, 6.45) is 0.0277. The van der Waals surface area contributed by atoms with Crippen LogP contribution in [-0.2, 0) is 15.0 Å². The van der Waals surface area contributed by atoms with E-state index in [4.69, 9.17) is 0 Å². The summed E-state index contributed by atoms with van der Waals surface area (Å²) in [6, 6.07) is 3.44. The molecule has 0 N–H and O–H groups in total. The van der Waals surface area contributed by atoms with Gasteiger partial charge in [0.15, 0.2) is 0 Å². The maximum absolute atomic E-state index is 12.6. The van der Waals surface area contributed by atoms with Crippen molar-refractivity contribution in [2.45, 2.75) is 13.3 Å². The number of nitrogens with zero attached hydrogens (tertiary/aromatic N) is 2. The second-order valence-corrected chi connectivity index (χ2v) is 6.78. The molecule has 1 aliphatic rings. The van der Waals surface area contributed by atoms with Crippen LogP contribution < -0.4 is 4.90 Å². The van der Waals surface area contributed by atoms with Crippen molar-refractivity contribution < 1.29 is 17.1 Å². The zero-order valence-electron chi connectivity index (χ0n) is 10.1. The maximum Gasteiger partial charge on any atom is 0.302 e. The lowest BCUT2D eigenvalue weighted by molar-refractivity contribution is -0.117. The predicted molar refractivity (Wildman–Crippen MR) is 72.0 cm³/mol. The number of carbonyl (C=O) groups is 1. The number of pyridine rings is 1. The molecule has 1 aromatic rings. The highest BCUT2D eigenvalue weighted by Gasteiger charge is 2.34. The van der Waals surface area contributed by atoms with Gasteiger partial charge in [-0.05, 0) is 35.0 Å². The van der Waals surface area contributed by atoms with Crippen LogP contribution in [-0.4, -0.2) is 31.6 Å². The lowest BCUT2D eigenvalue weighted by Crippen LogP contribution is -2.26. The zero-order valence-corrected chi connectivity index (χ0v) is 12.5. The Balaban J connectivity index is 2.18. The van der Waals surface area contributed by atoms with E-state index in [1.807, 2.05) is 0 Å². The Labute approximate surface area is 119 Å². The predicted octanol–water partition coefficient (Wildman–Crippen LogP) is 1.80. The Morgan fingerprint density at radius 2 is 2.21 bits per heavy atom. The highest BCUT2D eigenvalue weighted by Crippen LogP contribution is 2.26. The lowest BCUT2D eigenvalue weighted by atomic mass is 10.1. The molecule has 1 saturated heterocycles. The summed E-state index contributed by atoms with van der Waals surface area (Å²) < 4.78 is 34.7. The van der Waals surface area contributed by atoms with Gasteiger partial charge in [-0.2, -0.15) is 8.42 Å². The summed E-state index contributed by atoms with van der Waals surface area (Å²) in [6.45, 7) is 1.97. The van der Waals surface area contributed by atoms with Crippen LogP contribution in [0.1, 0.15) is 12.1 Å². The first-order valence-corrected chi connectivity index (χ1v) is 7.96. The fraction of sp³-hybridized carbons (Fsp3) is 0.455. The van der Waals surface area contributed by atoms with Gasteiger partial charge in [0.25, 0.3) is 0 Å². The average Bonchev–Trinajstić information content (AvgIpc) is 2.61. The number of amides is 1. The molecule has 0 aliphatic carbocycles. The highest BCUT2D eigenvalue weighted by atomic mass is 79.9. The molecule has 104 valence electrons. The standard InChI is InChI=1S/C11H12BrFN2O3S/c1-7-9(12)2-3-10(14-7)15-5-8(4-11(15)16)6-19(13,17)18/h2-3,8H,4-6H2,1H3. The monoisotopic (exact) mass is 350 g/mol. The third kappa shape index (κ3) is 3.50. The molecule has 2 heterocycles. The number of carbonyl (C=O) groups excluding carboxylic acids is 1. The van der Waals surface area contributed by atoms with E-state index in [0.29, 0.717) is 5.82 Å².